The largest absolute Gasteiger partial charge is 0.506 e. The monoisotopic (exact) mass is 590 g/mol. The highest BCUT2D eigenvalue weighted by atomic mass is 79.9. The van der Waals surface area contributed by atoms with Gasteiger partial charge in [0.1, 0.15) is 23.9 Å². The van der Waals surface area contributed by atoms with E-state index in [9.17, 15) is 19.5 Å². The Morgan fingerprint density at radius 2 is 1.97 bits per heavy atom. The fourth-order valence-corrected chi connectivity index (χ4v) is 4.64. The fraction of sp³-hybridized carbons (Fsp3) is 0.385. The van der Waals surface area contributed by atoms with Crippen LogP contribution in [-0.2, 0) is 16.1 Å². The number of nitrogens with zero attached hydrogens (tertiary/aromatic N) is 2. The summed E-state index contributed by atoms with van der Waals surface area (Å²) in [4.78, 5) is 39.8. The summed E-state index contributed by atoms with van der Waals surface area (Å²) in [6.45, 7) is 3.05. The molecule has 4 rings (SSSR count). The minimum absolute atomic E-state index is 0. The van der Waals surface area contributed by atoms with Crippen LogP contribution >= 0.6 is 17.0 Å². The number of carbonyl (C=O) groups excluding carboxylic acids is 2. The Labute approximate surface area is 230 Å². The van der Waals surface area contributed by atoms with Crippen LogP contribution in [0, 0.1) is 5.41 Å². The number of anilines is 1. The van der Waals surface area contributed by atoms with Crippen molar-refractivity contribution >= 4 is 46.2 Å². The van der Waals surface area contributed by atoms with Gasteiger partial charge in [-0.05, 0) is 49.2 Å². The Kier molecular flexibility index (Phi) is 9.34. The van der Waals surface area contributed by atoms with Crippen LogP contribution < -0.4 is 15.0 Å². The van der Waals surface area contributed by atoms with Gasteiger partial charge in [-0.25, -0.2) is 4.79 Å². The Bertz CT molecular complexity index is 1250. The first-order chi connectivity index (χ1) is 17.7. The fourth-order valence-electron chi connectivity index (χ4n) is 4.64. The SMILES string of the molecule is Br.CCOc1cc2c(cc1C(=O)NC)C(=N)N(CC(=O)c1ccc(O)c(N3CCC(OCC(=O)O)C3)c1)C2. The molecule has 0 spiro atoms. The van der Waals surface area contributed by atoms with E-state index >= 15 is 0 Å². The number of carboxylic acid groups (broad SMARTS) is 1. The standard InChI is InChI=1S/C26H30N4O7.BrH/c1-3-36-23-9-16-11-30(25(27)18(16)10-19(23)26(35)28-2)13-22(32)15-4-5-21(31)20(8-15)29-7-6-17(12-29)37-14-24(33)34;/h4-5,8-10,17,27,31H,3,6-7,11-14H2,1-2H3,(H,28,35)(H,33,34);1H. The molecule has 12 heteroatoms. The van der Waals surface area contributed by atoms with Crippen molar-refractivity contribution in [2.45, 2.75) is 26.0 Å². The summed E-state index contributed by atoms with van der Waals surface area (Å²) in [5.41, 5.74) is 2.56. The predicted octanol–water partition coefficient (Wildman–Crippen LogP) is 2.43. The van der Waals surface area contributed by atoms with Crippen molar-refractivity contribution in [1.29, 1.82) is 5.41 Å². The van der Waals surface area contributed by atoms with Crippen LogP contribution in [0.5, 0.6) is 11.5 Å². The molecule has 2 aliphatic rings. The molecule has 2 aromatic carbocycles. The molecule has 0 aliphatic carbocycles. The second kappa shape index (κ2) is 12.3. The zero-order chi connectivity index (χ0) is 26.7. The third kappa shape index (κ3) is 6.08. The van der Waals surface area contributed by atoms with Crippen molar-refractivity contribution in [3.63, 3.8) is 0 Å². The molecule has 204 valence electrons. The van der Waals surface area contributed by atoms with E-state index in [1.54, 1.807) is 29.2 Å². The number of fused-ring (bicyclic) bond motifs is 1. The number of benzene rings is 2. The highest BCUT2D eigenvalue weighted by Crippen LogP contribution is 2.33. The molecule has 11 nitrogen and oxygen atoms in total. The summed E-state index contributed by atoms with van der Waals surface area (Å²) in [6, 6.07) is 7.99. The average molecular weight is 591 g/mol. The second-order valence-electron chi connectivity index (χ2n) is 8.91. The topological polar surface area (TPSA) is 152 Å². The lowest BCUT2D eigenvalue weighted by atomic mass is 10.0. The van der Waals surface area contributed by atoms with Gasteiger partial charge in [0.05, 0.1) is 30.5 Å². The molecule has 1 fully saturated rings. The number of carboxylic acids is 1. The van der Waals surface area contributed by atoms with Crippen LogP contribution in [0.4, 0.5) is 5.69 Å². The van der Waals surface area contributed by atoms with Gasteiger partial charge in [-0.2, -0.15) is 0 Å². The van der Waals surface area contributed by atoms with Crippen LogP contribution in [0.2, 0.25) is 0 Å². The van der Waals surface area contributed by atoms with E-state index in [2.05, 4.69) is 5.32 Å². The number of Topliss-reactive ketones (excluding diaryl/α,β-unsaturated/α-hetero) is 1. The molecule has 38 heavy (non-hydrogen) atoms. The lowest BCUT2D eigenvalue weighted by molar-refractivity contribution is -0.143. The van der Waals surface area contributed by atoms with Gasteiger partial charge in [0.15, 0.2) is 5.78 Å². The number of aromatic hydroxyl groups is 1. The van der Waals surface area contributed by atoms with Gasteiger partial charge in [-0.1, -0.05) is 0 Å². The highest BCUT2D eigenvalue weighted by Gasteiger charge is 2.30. The Morgan fingerprint density at radius 1 is 1.21 bits per heavy atom. The number of nitrogens with one attached hydrogen (secondary N) is 2. The molecule has 2 aromatic rings. The molecule has 0 aromatic heterocycles. The number of carbonyl (C=O) groups is 3. The molecule has 0 saturated carbocycles. The van der Waals surface area contributed by atoms with Crippen molar-refractivity contribution in [3.05, 3.63) is 52.6 Å². The molecule has 2 heterocycles. The van der Waals surface area contributed by atoms with Crippen LogP contribution in [0.25, 0.3) is 0 Å². The van der Waals surface area contributed by atoms with E-state index in [0.717, 1.165) is 5.56 Å². The predicted molar refractivity (Wildman–Crippen MR) is 145 cm³/mol. The quantitative estimate of drug-likeness (QED) is 0.305. The third-order valence-corrected chi connectivity index (χ3v) is 6.47. The lowest BCUT2D eigenvalue weighted by Crippen LogP contribution is -2.30. The van der Waals surface area contributed by atoms with E-state index in [1.807, 2.05) is 11.8 Å². The van der Waals surface area contributed by atoms with E-state index in [1.165, 1.54) is 13.1 Å². The maximum Gasteiger partial charge on any atom is 0.329 e. The Balaban J connectivity index is 0.00000400. The highest BCUT2D eigenvalue weighted by molar-refractivity contribution is 8.93. The summed E-state index contributed by atoms with van der Waals surface area (Å²) in [5.74, 6) is -0.991. The zero-order valence-corrected chi connectivity index (χ0v) is 22.9. The summed E-state index contributed by atoms with van der Waals surface area (Å²) < 4.78 is 11.0. The smallest absolute Gasteiger partial charge is 0.329 e. The minimum atomic E-state index is -1.04. The molecule has 0 bridgehead atoms. The van der Waals surface area contributed by atoms with Crippen molar-refractivity contribution in [3.8, 4) is 11.5 Å². The number of aliphatic carboxylic acids is 1. The van der Waals surface area contributed by atoms with Crippen LogP contribution in [0.3, 0.4) is 0 Å². The number of ether oxygens (including phenoxy) is 2. The van der Waals surface area contributed by atoms with E-state index in [4.69, 9.17) is 20.0 Å². The second-order valence-corrected chi connectivity index (χ2v) is 8.91. The lowest BCUT2D eigenvalue weighted by Gasteiger charge is -2.21. The van der Waals surface area contributed by atoms with Crippen molar-refractivity contribution < 1.29 is 34.1 Å². The van der Waals surface area contributed by atoms with E-state index < -0.39 is 5.97 Å². The van der Waals surface area contributed by atoms with Crippen LogP contribution in [-0.4, -0.2) is 84.6 Å². The molecule has 4 N–H and O–H groups in total. The van der Waals surface area contributed by atoms with Gasteiger partial charge >= 0.3 is 5.97 Å². The molecule has 1 saturated heterocycles. The average Bonchev–Trinajstić information content (AvgIpc) is 3.46. The summed E-state index contributed by atoms with van der Waals surface area (Å²) >= 11 is 0. The molecular formula is C26H31BrN4O7. The van der Waals surface area contributed by atoms with Crippen molar-refractivity contribution in [2.75, 3.05) is 44.8 Å². The number of amidine groups is 1. The molecule has 1 atom stereocenters. The van der Waals surface area contributed by atoms with Gasteiger partial charge < -0.3 is 34.8 Å². The number of phenolic OH excluding ortho intramolecular Hbond substituents is 1. The molecule has 0 radical (unpaired) electrons. The number of amides is 1. The first kappa shape index (κ1) is 28.9. The summed E-state index contributed by atoms with van der Waals surface area (Å²) in [6.07, 6.45) is 0.329. The molecular weight excluding hydrogens is 560 g/mol. The number of hydrogen-bond donors (Lipinski definition) is 4. The van der Waals surface area contributed by atoms with Gasteiger partial charge in [-0.3, -0.25) is 15.0 Å². The maximum absolute atomic E-state index is 13.2. The number of rotatable bonds is 10. The van der Waals surface area contributed by atoms with Crippen LogP contribution in [0.1, 0.15) is 45.2 Å². The Morgan fingerprint density at radius 3 is 2.66 bits per heavy atom. The van der Waals surface area contributed by atoms with Gasteiger partial charge in [-0.15, -0.1) is 17.0 Å². The first-order valence-corrected chi connectivity index (χ1v) is 12.0. The van der Waals surface area contributed by atoms with E-state index in [0.29, 0.717) is 60.8 Å². The Hall–Kier alpha value is -3.64. The van der Waals surface area contributed by atoms with Crippen molar-refractivity contribution in [1.82, 2.24) is 10.2 Å². The summed E-state index contributed by atoms with van der Waals surface area (Å²) in [7, 11) is 1.53. The van der Waals surface area contributed by atoms with Gasteiger partial charge in [0.25, 0.3) is 5.91 Å². The van der Waals surface area contributed by atoms with Gasteiger partial charge in [0.2, 0.25) is 0 Å². The van der Waals surface area contributed by atoms with Gasteiger partial charge in [0, 0.05) is 37.8 Å². The van der Waals surface area contributed by atoms with E-state index in [-0.39, 0.29) is 59.5 Å². The summed E-state index contributed by atoms with van der Waals surface area (Å²) in [5, 5.41) is 30.4. The number of hydrogen-bond acceptors (Lipinski definition) is 8. The normalized spacial score (nSPS) is 16.2. The molecule has 1 unspecified atom stereocenters. The number of ketones is 1. The first-order valence-electron chi connectivity index (χ1n) is 12.0. The number of halogens is 1. The maximum atomic E-state index is 13.2. The van der Waals surface area contributed by atoms with Crippen LogP contribution in [0.15, 0.2) is 30.3 Å². The minimum Gasteiger partial charge on any atom is -0.506 e. The molecule has 1 amide bonds. The van der Waals surface area contributed by atoms with Crippen molar-refractivity contribution in [2.24, 2.45) is 0 Å². The third-order valence-electron chi connectivity index (χ3n) is 6.47. The molecule has 2 aliphatic heterocycles. The zero-order valence-electron chi connectivity index (χ0n) is 21.2. The number of phenols is 1.